The number of carbonyl (C=O) groups is 1. The van der Waals surface area contributed by atoms with E-state index in [0.29, 0.717) is 34.5 Å². The van der Waals surface area contributed by atoms with Crippen LogP contribution in [0.5, 0.6) is 0 Å². The number of amides is 1. The summed E-state index contributed by atoms with van der Waals surface area (Å²) in [4.78, 5) is 18.5. The van der Waals surface area contributed by atoms with Crippen LogP contribution in [0.15, 0.2) is 47.0 Å². The Balaban J connectivity index is 1.60. The Morgan fingerprint density at radius 3 is 2.85 bits per heavy atom. The summed E-state index contributed by atoms with van der Waals surface area (Å²) in [5, 5.41) is 4.45. The number of anilines is 1. The number of hydrogen-bond donors (Lipinski definition) is 0. The van der Waals surface area contributed by atoms with Crippen LogP contribution in [0.25, 0.3) is 11.4 Å². The monoisotopic (exact) mass is 371 g/mol. The van der Waals surface area contributed by atoms with E-state index in [2.05, 4.69) is 10.1 Å². The fourth-order valence-corrected chi connectivity index (χ4v) is 3.52. The van der Waals surface area contributed by atoms with E-state index in [1.54, 1.807) is 23.1 Å². The van der Waals surface area contributed by atoms with Gasteiger partial charge in [-0.3, -0.25) is 4.79 Å². The number of halogens is 2. The lowest BCUT2D eigenvalue weighted by Gasteiger charge is -2.20. The summed E-state index contributed by atoms with van der Waals surface area (Å²) in [5.74, 6) is 0.0269. The molecule has 0 saturated carbocycles. The Bertz CT molecular complexity index is 968. The van der Waals surface area contributed by atoms with Crippen LogP contribution in [0, 0.1) is 12.7 Å². The van der Waals surface area contributed by atoms with Crippen LogP contribution in [0.2, 0.25) is 5.02 Å². The normalized spacial score (nSPS) is 17.1. The Morgan fingerprint density at radius 2 is 2.08 bits per heavy atom. The Hall–Kier alpha value is -2.73. The average Bonchev–Trinajstić information content (AvgIpc) is 3.22. The van der Waals surface area contributed by atoms with E-state index in [1.807, 2.05) is 19.1 Å². The molecule has 26 heavy (non-hydrogen) atoms. The lowest BCUT2D eigenvalue weighted by atomic mass is 10.1. The quantitative estimate of drug-likeness (QED) is 0.686. The van der Waals surface area contributed by atoms with Crippen molar-refractivity contribution in [1.29, 1.82) is 0 Å². The largest absolute Gasteiger partial charge is 0.339 e. The van der Waals surface area contributed by atoms with Crippen molar-refractivity contribution in [2.45, 2.75) is 19.3 Å². The van der Waals surface area contributed by atoms with Crippen LogP contribution in [-0.2, 0) is 4.79 Å². The van der Waals surface area contributed by atoms with Crippen molar-refractivity contribution in [3.63, 3.8) is 0 Å². The summed E-state index contributed by atoms with van der Waals surface area (Å²) >= 11 is 6.29. The topological polar surface area (TPSA) is 59.2 Å². The van der Waals surface area contributed by atoms with Crippen LogP contribution >= 0.6 is 11.6 Å². The standard InChI is InChI=1S/C19H15ClFN3O2/c1-11-4-2-7-15(20)17(11)24-10-13(9-16(24)25)19-22-18(23-26-19)12-5-3-6-14(21)8-12/h2-8,13H,9-10H2,1H3. The maximum Gasteiger partial charge on any atom is 0.232 e. The van der Waals surface area contributed by atoms with E-state index < -0.39 is 0 Å². The maximum atomic E-state index is 13.4. The third kappa shape index (κ3) is 2.97. The average molecular weight is 372 g/mol. The first-order valence-corrected chi connectivity index (χ1v) is 8.56. The van der Waals surface area contributed by atoms with Crippen molar-refractivity contribution in [1.82, 2.24) is 10.1 Å². The molecule has 0 N–H and O–H groups in total. The summed E-state index contributed by atoms with van der Waals surface area (Å²) in [5.41, 5.74) is 2.17. The van der Waals surface area contributed by atoms with E-state index in [4.69, 9.17) is 16.1 Å². The minimum atomic E-state index is -0.370. The van der Waals surface area contributed by atoms with Gasteiger partial charge in [0.2, 0.25) is 17.6 Å². The SMILES string of the molecule is Cc1cccc(Cl)c1N1CC(c2nc(-c3cccc(F)c3)no2)CC1=O. The molecule has 1 aromatic heterocycles. The summed E-state index contributed by atoms with van der Waals surface area (Å²) < 4.78 is 18.7. The number of aromatic nitrogens is 2. The van der Waals surface area contributed by atoms with Gasteiger partial charge in [-0.25, -0.2) is 4.39 Å². The van der Waals surface area contributed by atoms with Gasteiger partial charge in [-0.1, -0.05) is 41.0 Å². The summed E-state index contributed by atoms with van der Waals surface area (Å²) in [6.07, 6.45) is 0.259. The van der Waals surface area contributed by atoms with Gasteiger partial charge in [-0.05, 0) is 30.7 Å². The van der Waals surface area contributed by atoms with E-state index in [1.165, 1.54) is 12.1 Å². The van der Waals surface area contributed by atoms with Crippen LogP contribution < -0.4 is 4.90 Å². The van der Waals surface area contributed by atoms with Crippen LogP contribution in [-0.4, -0.2) is 22.6 Å². The van der Waals surface area contributed by atoms with E-state index in [-0.39, 0.29) is 24.1 Å². The zero-order valence-electron chi connectivity index (χ0n) is 13.9. The van der Waals surface area contributed by atoms with Gasteiger partial charge in [0.25, 0.3) is 0 Å². The number of para-hydroxylation sites is 1. The second-order valence-electron chi connectivity index (χ2n) is 6.28. The molecule has 1 atom stereocenters. The molecule has 1 aliphatic rings. The molecule has 2 heterocycles. The molecule has 1 amide bonds. The molecule has 0 radical (unpaired) electrons. The highest BCUT2D eigenvalue weighted by atomic mass is 35.5. The maximum absolute atomic E-state index is 13.4. The van der Waals surface area contributed by atoms with E-state index in [9.17, 15) is 9.18 Å². The van der Waals surface area contributed by atoms with Crippen molar-refractivity contribution in [3.05, 3.63) is 64.8 Å². The van der Waals surface area contributed by atoms with Crippen molar-refractivity contribution in [2.75, 3.05) is 11.4 Å². The summed E-state index contributed by atoms with van der Waals surface area (Å²) in [6, 6.07) is 11.5. The van der Waals surface area contributed by atoms with Gasteiger partial charge < -0.3 is 9.42 Å². The minimum Gasteiger partial charge on any atom is -0.339 e. The van der Waals surface area contributed by atoms with E-state index >= 15 is 0 Å². The number of hydrogen-bond acceptors (Lipinski definition) is 4. The molecule has 5 nitrogen and oxygen atoms in total. The molecule has 1 aliphatic heterocycles. The highest BCUT2D eigenvalue weighted by molar-refractivity contribution is 6.34. The second kappa shape index (κ2) is 6.53. The van der Waals surface area contributed by atoms with Crippen molar-refractivity contribution >= 4 is 23.2 Å². The lowest BCUT2D eigenvalue weighted by Crippen LogP contribution is -2.25. The molecule has 2 aromatic carbocycles. The van der Waals surface area contributed by atoms with Crippen LogP contribution in [0.4, 0.5) is 10.1 Å². The Morgan fingerprint density at radius 1 is 1.27 bits per heavy atom. The molecule has 132 valence electrons. The molecular weight excluding hydrogens is 357 g/mol. The summed E-state index contributed by atoms with van der Waals surface area (Å²) in [6.45, 7) is 2.32. The number of rotatable bonds is 3. The molecule has 4 rings (SSSR count). The molecule has 3 aromatic rings. The fourth-order valence-electron chi connectivity index (χ4n) is 3.20. The molecule has 7 heteroatoms. The first-order valence-electron chi connectivity index (χ1n) is 8.18. The van der Waals surface area contributed by atoms with Gasteiger partial charge in [0, 0.05) is 18.5 Å². The number of nitrogens with zero attached hydrogens (tertiary/aromatic N) is 3. The zero-order chi connectivity index (χ0) is 18.3. The molecule has 0 aliphatic carbocycles. The molecule has 0 spiro atoms. The van der Waals surface area contributed by atoms with Gasteiger partial charge in [-0.15, -0.1) is 0 Å². The zero-order valence-corrected chi connectivity index (χ0v) is 14.7. The van der Waals surface area contributed by atoms with Gasteiger partial charge >= 0.3 is 0 Å². The Labute approximate surface area is 154 Å². The van der Waals surface area contributed by atoms with E-state index in [0.717, 1.165) is 5.56 Å². The molecule has 1 saturated heterocycles. The molecule has 1 fully saturated rings. The predicted molar refractivity (Wildman–Crippen MR) is 95.6 cm³/mol. The van der Waals surface area contributed by atoms with Crippen molar-refractivity contribution in [3.8, 4) is 11.4 Å². The number of aryl methyl sites for hydroxylation is 1. The predicted octanol–water partition coefficient (Wildman–Crippen LogP) is 4.36. The highest BCUT2D eigenvalue weighted by Gasteiger charge is 2.36. The van der Waals surface area contributed by atoms with Gasteiger partial charge in [0.05, 0.1) is 16.6 Å². The highest BCUT2D eigenvalue weighted by Crippen LogP contribution is 2.37. The number of carbonyl (C=O) groups excluding carboxylic acids is 1. The lowest BCUT2D eigenvalue weighted by molar-refractivity contribution is -0.117. The second-order valence-corrected chi connectivity index (χ2v) is 6.68. The minimum absolute atomic E-state index is 0.0447. The van der Waals surface area contributed by atoms with Crippen molar-refractivity contribution < 1.29 is 13.7 Å². The molecular formula is C19H15ClFN3O2. The Kier molecular flexibility index (Phi) is 4.20. The van der Waals surface area contributed by atoms with Crippen LogP contribution in [0.1, 0.15) is 23.8 Å². The summed E-state index contributed by atoms with van der Waals surface area (Å²) in [7, 11) is 0. The molecule has 1 unspecified atom stereocenters. The smallest absolute Gasteiger partial charge is 0.232 e. The van der Waals surface area contributed by atoms with Gasteiger partial charge in [-0.2, -0.15) is 4.98 Å². The van der Waals surface area contributed by atoms with Gasteiger partial charge in [0.1, 0.15) is 5.82 Å². The van der Waals surface area contributed by atoms with Crippen molar-refractivity contribution in [2.24, 2.45) is 0 Å². The van der Waals surface area contributed by atoms with Gasteiger partial charge in [0.15, 0.2) is 0 Å². The first kappa shape index (κ1) is 16.7. The number of benzene rings is 2. The van der Waals surface area contributed by atoms with Crippen LogP contribution in [0.3, 0.4) is 0 Å². The molecule has 0 bridgehead atoms. The third-order valence-corrected chi connectivity index (χ3v) is 4.76. The first-order chi connectivity index (χ1) is 12.5. The fraction of sp³-hybridized carbons (Fsp3) is 0.211. The third-order valence-electron chi connectivity index (χ3n) is 4.46.